The number of hydrogen-bond acceptors (Lipinski definition) is 3. The molecule has 4 rings (SSSR count). The first-order valence-corrected chi connectivity index (χ1v) is 9.52. The number of fused-ring (bicyclic) bond motifs is 1. The molecular weight excluding hydrogens is 340 g/mol. The fourth-order valence-electron chi connectivity index (χ4n) is 4.03. The van der Waals surface area contributed by atoms with E-state index in [1.54, 1.807) is 7.11 Å². The first-order chi connectivity index (χ1) is 13.2. The van der Waals surface area contributed by atoms with Crippen LogP contribution in [0.1, 0.15) is 40.7 Å². The van der Waals surface area contributed by atoms with Crippen LogP contribution in [0.5, 0.6) is 5.75 Å². The molecule has 1 fully saturated rings. The van der Waals surface area contributed by atoms with Crippen molar-refractivity contribution in [2.24, 2.45) is 0 Å². The molecule has 0 atom stereocenters. The average molecular weight is 364 g/mol. The first kappa shape index (κ1) is 17.6. The van der Waals surface area contributed by atoms with Gasteiger partial charge >= 0.3 is 0 Å². The highest BCUT2D eigenvalue weighted by Crippen LogP contribution is 2.37. The maximum Gasteiger partial charge on any atom is 0.258 e. The van der Waals surface area contributed by atoms with Gasteiger partial charge in [-0.05, 0) is 48.6 Å². The van der Waals surface area contributed by atoms with E-state index < -0.39 is 0 Å². The van der Waals surface area contributed by atoms with E-state index in [0.29, 0.717) is 25.1 Å². The predicted octanol–water partition coefficient (Wildman–Crippen LogP) is 3.41. The normalized spacial score (nSPS) is 16.4. The van der Waals surface area contributed by atoms with Gasteiger partial charge in [-0.25, -0.2) is 0 Å². The highest BCUT2D eigenvalue weighted by Gasteiger charge is 2.27. The second-order valence-electron chi connectivity index (χ2n) is 7.15. The zero-order valence-electron chi connectivity index (χ0n) is 15.6. The van der Waals surface area contributed by atoms with Crippen molar-refractivity contribution in [3.63, 3.8) is 0 Å². The summed E-state index contributed by atoms with van der Waals surface area (Å²) in [5, 5.41) is 0. The number of hydrogen-bond donors (Lipinski definition) is 0. The third-order valence-electron chi connectivity index (χ3n) is 5.36. The van der Waals surface area contributed by atoms with Gasteiger partial charge in [0.15, 0.2) is 0 Å². The van der Waals surface area contributed by atoms with E-state index in [2.05, 4.69) is 6.07 Å². The summed E-state index contributed by atoms with van der Waals surface area (Å²) in [5.41, 5.74) is 3.68. The van der Waals surface area contributed by atoms with Gasteiger partial charge < -0.3 is 14.5 Å². The van der Waals surface area contributed by atoms with Crippen molar-refractivity contribution in [2.45, 2.75) is 32.2 Å². The first-order valence-electron chi connectivity index (χ1n) is 9.52. The van der Waals surface area contributed by atoms with Gasteiger partial charge in [0.05, 0.1) is 12.8 Å². The zero-order chi connectivity index (χ0) is 18.8. The van der Waals surface area contributed by atoms with Crippen molar-refractivity contribution in [1.29, 1.82) is 0 Å². The van der Waals surface area contributed by atoms with Crippen molar-refractivity contribution >= 4 is 17.5 Å². The molecule has 5 nitrogen and oxygen atoms in total. The summed E-state index contributed by atoms with van der Waals surface area (Å²) >= 11 is 0. The van der Waals surface area contributed by atoms with Crippen molar-refractivity contribution in [1.82, 2.24) is 4.90 Å². The number of carbonyl (C=O) groups is 2. The lowest BCUT2D eigenvalue weighted by molar-refractivity contribution is -0.128. The van der Waals surface area contributed by atoms with Gasteiger partial charge in [-0.1, -0.05) is 24.3 Å². The number of carbonyl (C=O) groups excluding carboxylic acids is 2. The van der Waals surface area contributed by atoms with Crippen LogP contribution in [0, 0.1) is 0 Å². The number of ether oxygens (including phenoxy) is 1. The van der Waals surface area contributed by atoms with Gasteiger partial charge in [0.25, 0.3) is 5.91 Å². The zero-order valence-corrected chi connectivity index (χ0v) is 15.6. The summed E-state index contributed by atoms with van der Waals surface area (Å²) in [6.45, 7) is 2.05. The number of amides is 2. The number of rotatable bonds is 4. The lowest BCUT2D eigenvalue weighted by Crippen LogP contribution is -2.36. The fourth-order valence-corrected chi connectivity index (χ4v) is 4.03. The number of likely N-dealkylation sites (tertiary alicyclic amines) is 1. The Balaban J connectivity index is 1.61. The molecule has 1 saturated heterocycles. The molecule has 140 valence electrons. The molecule has 0 radical (unpaired) electrons. The minimum absolute atomic E-state index is 0.0185. The smallest absolute Gasteiger partial charge is 0.258 e. The lowest BCUT2D eigenvalue weighted by atomic mass is 9.99. The SMILES string of the molecule is COc1cccc2c1N(C(=O)c1cccc(CN3CCCC3=O)c1)CCC2. The van der Waals surface area contributed by atoms with Gasteiger partial charge in [0.2, 0.25) is 5.91 Å². The Morgan fingerprint density at radius 2 is 1.89 bits per heavy atom. The van der Waals surface area contributed by atoms with E-state index in [4.69, 9.17) is 4.74 Å². The summed E-state index contributed by atoms with van der Waals surface area (Å²) in [6.07, 6.45) is 3.44. The Morgan fingerprint density at radius 1 is 1.07 bits per heavy atom. The molecule has 0 N–H and O–H groups in total. The summed E-state index contributed by atoms with van der Waals surface area (Å²) in [7, 11) is 1.64. The molecule has 2 amide bonds. The van der Waals surface area contributed by atoms with Crippen LogP contribution in [0.4, 0.5) is 5.69 Å². The number of methoxy groups -OCH3 is 1. The quantitative estimate of drug-likeness (QED) is 0.835. The van der Waals surface area contributed by atoms with Crippen LogP contribution in [-0.2, 0) is 17.8 Å². The van der Waals surface area contributed by atoms with Crippen LogP contribution >= 0.6 is 0 Å². The largest absolute Gasteiger partial charge is 0.495 e. The molecule has 2 aromatic rings. The van der Waals surface area contributed by atoms with Crippen molar-refractivity contribution < 1.29 is 14.3 Å². The molecule has 2 heterocycles. The Kier molecular flexibility index (Phi) is 4.84. The highest BCUT2D eigenvalue weighted by molar-refractivity contribution is 6.07. The number of benzene rings is 2. The maximum absolute atomic E-state index is 13.3. The number of aryl methyl sites for hydroxylation is 1. The minimum Gasteiger partial charge on any atom is -0.495 e. The number of para-hydroxylation sites is 1. The molecule has 2 aliphatic rings. The van der Waals surface area contributed by atoms with E-state index >= 15 is 0 Å². The molecule has 2 aromatic carbocycles. The number of nitrogens with zero attached hydrogens (tertiary/aromatic N) is 2. The Hall–Kier alpha value is -2.82. The van der Waals surface area contributed by atoms with E-state index in [1.165, 1.54) is 0 Å². The molecule has 27 heavy (non-hydrogen) atoms. The highest BCUT2D eigenvalue weighted by atomic mass is 16.5. The van der Waals surface area contributed by atoms with Crippen LogP contribution in [0.25, 0.3) is 0 Å². The summed E-state index contributed by atoms with van der Waals surface area (Å²) < 4.78 is 5.52. The van der Waals surface area contributed by atoms with Crippen molar-refractivity contribution in [2.75, 3.05) is 25.1 Å². The van der Waals surface area contributed by atoms with E-state index in [9.17, 15) is 9.59 Å². The second kappa shape index (κ2) is 7.43. The third-order valence-corrected chi connectivity index (χ3v) is 5.36. The van der Waals surface area contributed by atoms with Crippen LogP contribution < -0.4 is 9.64 Å². The topological polar surface area (TPSA) is 49.9 Å². The van der Waals surface area contributed by atoms with Crippen LogP contribution in [-0.4, -0.2) is 36.9 Å². The molecule has 0 bridgehead atoms. The van der Waals surface area contributed by atoms with E-state index in [1.807, 2.05) is 46.2 Å². The third kappa shape index (κ3) is 3.42. The summed E-state index contributed by atoms with van der Waals surface area (Å²) in [4.78, 5) is 28.9. The van der Waals surface area contributed by atoms with Gasteiger partial charge in [-0.2, -0.15) is 0 Å². The monoisotopic (exact) mass is 364 g/mol. The Labute approximate surface area is 159 Å². The summed E-state index contributed by atoms with van der Waals surface area (Å²) in [5.74, 6) is 0.913. The van der Waals surface area contributed by atoms with Gasteiger partial charge in [0, 0.05) is 31.6 Å². The van der Waals surface area contributed by atoms with Crippen molar-refractivity contribution in [3.8, 4) is 5.75 Å². The minimum atomic E-state index is -0.0185. The molecule has 0 spiro atoms. The number of anilines is 1. The molecule has 0 unspecified atom stereocenters. The molecule has 0 saturated carbocycles. The summed E-state index contributed by atoms with van der Waals surface area (Å²) in [6, 6.07) is 13.6. The van der Waals surface area contributed by atoms with Crippen LogP contribution in [0.15, 0.2) is 42.5 Å². The predicted molar refractivity (Wildman–Crippen MR) is 104 cm³/mol. The van der Waals surface area contributed by atoms with Gasteiger partial charge in [-0.15, -0.1) is 0 Å². The molecule has 0 aliphatic carbocycles. The lowest BCUT2D eigenvalue weighted by Gasteiger charge is -2.31. The Bertz CT molecular complexity index is 863. The Morgan fingerprint density at radius 3 is 2.67 bits per heavy atom. The fraction of sp³-hybridized carbons (Fsp3) is 0.364. The standard InChI is InChI=1S/C22H24N2O3/c1-27-19-10-3-7-17-9-4-13-24(21(17)19)22(26)18-8-2-6-16(14-18)15-23-12-5-11-20(23)25/h2-3,6-8,10,14H,4-5,9,11-13,15H2,1H3. The molecular formula is C22H24N2O3. The van der Waals surface area contributed by atoms with E-state index in [-0.39, 0.29) is 11.8 Å². The van der Waals surface area contributed by atoms with Crippen molar-refractivity contribution in [3.05, 3.63) is 59.2 Å². The van der Waals surface area contributed by atoms with Gasteiger partial charge in [0.1, 0.15) is 5.75 Å². The average Bonchev–Trinajstić information content (AvgIpc) is 3.11. The van der Waals surface area contributed by atoms with Crippen LogP contribution in [0.2, 0.25) is 0 Å². The van der Waals surface area contributed by atoms with Gasteiger partial charge in [-0.3, -0.25) is 9.59 Å². The maximum atomic E-state index is 13.3. The molecule has 2 aliphatic heterocycles. The van der Waals surface area contributed by atoms with E-state index in [0.717, 1.165) is 48.4 Å². The molecule has 0 aromatic heterocycles. The second-order valence-corrected chi connectivity index (χ2v) is 7.15. The molecule has 5 heteroatoms. The van der Waals surface area contributed by atoms with Crippen LogP contribution in [0.3, 0.4) is 0 Å².